The number of ether oxygens (including phenoxy) is 2. The standard InChI is InChI=1S/C23H24N2O4/c1-28-20-7-4-17(14-21(20)29-2)16-3-6-19-18(13-16)5-8-22(24-19)25-11-9-15(10-12-25)23(26)27/h3-8,13-15H,9-12H2,1-2H3,(H,26,27). The molecule has 2 heterocycles. The van der Waals surface area contributed by atoms with Crippen LogP contribution in [-0.4, -0.2) is 43.4 Å². The largest absolute Gasteiger partial charge is 0.493 e. The Bertz CT molecular complexity index is 1040. The number of anilines is 1. The number of nitrogens with zero attached hydrogens (tertiary/aromatic N) is 2. The van der Waals surface area contributed by atoms with Crippen LogP contribution in [0, 0.1) is 5.92 Å². The van der Waals surface area contributed by atoms with Crippen LogP contribution in [0.5, 0.6) is 11.5 Å². The highest BCUT2D eigenvalue weighted by Crippen LogP contribution is 2.33. The summed E-state index contributed by atoms with van der Waals surface area (Å²) in [6.07, 6.45) is 1.32. The summed E-state index contributed by atoms with van der Waals surface area (Å²) in [4.78, 5) is 18.1. The molecule has 29 heavy (non-hydrogen) atoms. The van der Waals surface area contributed by atoms with Crippen LogP contribution in [0.3, 0.4) is 0 Å². The fraction of sp³-hybridized carbons (Fsp3) is 0.304. The highest BCUT2D eigenvalue weighted by molar-refractivity contribution is 5.86. The molecule has 0 unspecified atom stereocenters. The summed E-state index contributed by atoms with van der Waals surface area (Å²) in [5.41, 5.74) is 3.05. The first kappa shape index (κ1) is 19.1. The van der Waals surface area contributed by atoms with Crippen LogP contribution >= 0.6 is 0 Å². The second-order valence-electron chi connectivity index (χ2n) is 7.25. The van der Waals surface area contributed by atoms with Crippen LogP contribution in [0.4, 0.5) is 5.82 Å². The molecule has 3 aromatic rings. The summed E-state index contributed by atoms with van der Waals surface area (Å²) in [5, 5.41) is 10.2. The first-order valence-corrected chi connectivity index (χ1v) is 9.70. The number of fused-ring (bicyclic) bond motifs is 1. The quantitative estimate of drug-likeness (QED) is 0.701. The summed E-state index contributed by atoms with van der Waals surface area (Å²) in [5.74, 6) is 1.37. The van der Waals surface area contributed by atoms with Gasteiger partial charge in [0.2, 0.25) is 0 Å². The van der Waals surface area contributed by atoms with E-state index in [-0.39, 0.29) is 5.92 Å². The van der Waals surface area contributed by atoms with Crippen molar-refractivity contribution in [2.75, 3.05) is 32.2 Å². The van der Waals surface area contributed by atoms with Gasteiger partial charge in [0.1, 0.15) is 5.82 Å². The number of carboxylic acids is 1. The van der Waals surface area contributed by atoms with Crippen LogP contribution in [-0.2, 0) is 4.79 Å². The number of pyridine rings is 1. The van der Waals surface area contributed by atoms with Crippen molar-refractivity contribution in [1.29, 1.82) is 0 Å². The molecule has 1 aromatic heterocycles. The number of hydrogen-bond donors (Lipinski definition) is 1. The summed E-state index contributed by atoms with van der Waals surface area (Å²) >= 11 is 0. The monoisotopic (exact) mass is 392 g/mol. The second-order valence-corrected chi connectivity index (χ2v) is 7.25. The zero-order valence-electron chi connectivity index (χ0n) is 16.6. The number of carboxylic acid groups (broad SMARTS) is 1. The molecule has 0 saturated carbocycles. The third-order valence-electron chi connectivity index (χ3n) is 5.56. The smallest absolute Gasteiger partial charge is 0.306 e. The number of rotatable bonds is 5. The molecular weight excluding hydrogens is 368 g/mol. The third-order valence-corrected chi connectivity index (χ3v) is 5.56. The maximum absolute atomic E-state index is 11.1. The molecule has 1 fully saturated rings. The number of piperidine rings is 1. The van der Waals surface area contributed by atoms with Crippen molar-refractivity contribution in [2.45, 2.75) is 12.8 Å². The molecule has 2 aromatic carbocycles. The number of benzene rings is 2. The van der Waals surface area contributed by atoms with Crippen molar-refractivity contribution in [1.82, 2.24) is 4.98 Å². The van der Waals surface area contributed by atoms with E-state index in [4.69, 9.17) is 19.6 Å². The number of methoxy groups -OCH3 is 2. The molecule has 0 amide bonds. The van der Waals surface area contributed by atoms with E-state index >= 15 is 0 Å². The van der Waals surface area contributed by atoms with Crippen molar-refractivity contribution in [3.8, 4) is 22.6 Å². The lowest BCUT2D eigenvalue weighted by Crippen LogP contribution is -2.36. The van der Waals surface area contributed by atoms with Gasteiger partial charge in [0.15, 0.2) is 11.5 Å². The number of carbonyl (C=O) groups is 1. The lowest BCUT2D eigenvalue weighted by Gasteiger charge is -2.31. The average Bonchev–Trinajstić information content (AvgIpc) is 2.78. The molecule has 1 aliphatic rings. The Balaban J connectivity index is 1.59. The van der Waals surface area contributed by atoms with Gasteiger partial charge in [0, 0.05) is 18.5 Å². The molecule has 1 saturated heterocycles. The molecule has 1 N–H and O–H groups in total. The fourth-order valence-corrected chi connectivity index (χ4v) is 3.84. The van der Waals surface area contributed by atoms with Gasteiger partial charge in [-0.2, -0.15) is 0 Å². The Morgan fingerprint density at radius 3 is 2.34 bits per heavy atom. The van der Waals surface area contributed by atoms with Crippen LogP contribution < -0.4 is 14.4 Å². The topological polar surface area (TPSA) is 71.9 Å². The first-order valence-electron chi connectivity index (χ1n) is 9.70. The van der Waals surface area contributed by atoms with Crippen molar-refractivity contribution in [2.24, 2.45) is 5.92 Å². The Morgan fingerprint density at radius 2 is 1.66 bits per heavy atom. The molecule has 6 heteroatoms. The zero-order chi connectivity index (χ0) is 20.4. The Hall–Kier alpha value is -3.28. The zero-order valence-corrected chi connectivity index (χ0v) is 16.6. The molecule has 150 valence electrons. The van der Waals surface area contributed by atoms with Crippen molar-refractivity contribution in [3.63, 3.8) is 0 Å². The van der Waals surface area contributed by atoms with E-state index in [1.165, 1.54) is 0 Å². The van der Waals surface area contributed by atoms with Gasteiger partial charge in [-0.3, -0.25) is 4.79 Å². The van der Waals surface area contributed by atoms with E-state index in [1.54, 1.807) is 14.2 Å². The normalized spacial score (nSPS) is 14.8. The highest BCUT2D eigenvalue weighted by atomic mass is 16.5. The first-order chi connectivity index (χ1) is 14.1. The molecule has 0 atom stereocenters. The van der Waals surface area contributed by atoms with E-state index < -0.39 is 5.97 Å². The van der Waals surface area contributed by atoms with E-state index in [9.17, 15) is 4.79 Å². The summed E-state index contributed by atoms with van der Waals surface area (Å²) < 4.78 is 10.7. The summed E-state index contributed by atoms with van der Waals surface area (Å²) in [7, 11) is 3.26. The molecule has 4 rings (SSSR count). The van der Waals surface area contributed by atoms with Gasteiger partial charge in [-0.15, -0.1) is 0 Å². The SMILES string of the molecule is COc1ccc(-c2ccc3nc(N4CCC(C(=O)O)CC4)ccc3c2)cc1OC. The maximum atomic E-state index is 11.1. The lowest BCUT2D eigenvalue weighted by atomic mass is 9.97. The third kappa shape index (κ3) is 3.83. The lowest BCUT2D eigenvalue weighted by molar-refractivity contribution is -0.142. The molecule has 0 bridgehead atoms. The summed E-state index contributed by atoms with van der Waals surface area (Å²) in [6, 6.07) is 16.2. The molecular formula is C23H24N2O4. The highest BCUT2D eigenvalue weighted by Gasteiger charge is 2.25. The van der Waals surface area contributed by atoms with Crippen molar-refractivity contribution < 1.29 is 19.4 Å². The van der Waals surface area contributed by atoms with Crippen LogP contribution in [0.2, 0.25) is 0 Å². The van der Waals surface area contributed by atoms with E-state index in [0.29, 0.717) is 24.3 Å². The number of hydrogen-bond acceptors (Lipinski definition) is 5. The van der Waals surface area contributed by atoms with Gasteiger partial charge >= 0.3 is 5.97 Å². The molecule has 0 spiro atoms. The molecule has 1 aliphatic heterocycles. The minimum atomic E-state index is -0.696. The van der Waals surface area contributed by atoms with E-state index in [2.05, 4.69) is 23.1 Å². The van der Waals surface area contributed by atoms with Gasteiger partial charge in [-0.05, 0) is 60.4 Å². The number of aliphatic carboxylic acids is 1. The number of aromatic nitrogens is 1. The van der Waals surface area contributed by atoms with Crippen LogP contribution in [0.25, 0.3) is 22.0 Å². The van der Waals surface area contributed by atoms with Crippen LogP contribution in [0.15, 0.2) is 48.5 Å². The summed E-state index contributed by atoms with van der Waals surface area (Å²) in [6.45, 7) is 1.44. The van der Waals surface area contributed by atoms with Crippen molar-refractivity contribution in [3.05, 3.63) is 48.5 Å². The van der Waals surface area contributed by atoms with Crippen LogP contribution in [0.1, 0.15) is 12.8 Å². The molecule has 0 aliphatic carbocycles. The average molecular weight is 392 g/mol. The van der Waals surface area contributed by atoms with Gasteiger partial charge in [0.25, 0.3) is 0 Å². The predicted molar refractivity (Wildman–Crippen MR) is 113 cm³/mol. The Kier molecular flexibility index (Phi) is 5.25. The van der Waals surface area contributed by atoms with E-state index in [0.717, 1.165) is 40.9 Å². The van der Waals surface area contributed by atoms with Gasteiger partial charge in [0.05, 0.1) is 25.7 Å². The minimum Gasteiger partial charge on any atom is -0.493 e. The predicted octanol–water partition coefficient (Wildman–Crippen LogP) is 4.22. The van der Waals surface area contributed by atoms with Gasteiger partial charge < -0.3 is 19.5 Å². The minimum absolute atomic E-state index is 0.240. The second kappa shape index (κ2) is 7.99. The molecule has 6 nitrogen and oxygen atoms in total. The molecule has 0 radical (unpaired) electrons. The fourth-order valence-electron chi connectivity index (χ4n) is 3.84. The van der Waals surface area contributed by atoms with Gasteiger partial charge in [-0.1, -0.05) is 12.1 Å². The van der Waals surface area contributed by atoms with Gasteiger partial charge in [-0.25, -0.2) is 4.98 Å². The van der Waals surface area contributed by atoms with Crippen molar-refractivity contribution >= 4 is 22.7 Å². The maximum Gasteiger partial charge on any atom is 0.306 e. The Labute approximate surface area is 169 Å². The van der Waals surface area contributed by atoms with E-state index in [1.807, 2.05) is 30.3 Å². The Morgan fingerprint density at radius 1 is 0.966 bits per heavy atom.